The molecule has 0 N–H and O–H groups in total. The van der Waals surface area contributed by atoms with Crippen LogP contribution in [0.1, 0.15) is 19.8 Å². The van der Waals surface area contributed by atoms with Gasteiger partial charge in [-0.15, -0.1) is 0 Å². The highest BCUT2D eigenvalue weighted by Crippen LogP contribution is 2.41. The zero-order chi connectivity index (χ0) is 9.42. The minimum atomic E-state index is -0.298. The summed E-state index contributed by atoms with van der Waals surface area (Å²) in [5.41, 5.74) is 0. The van der Waals surface area contributed by atoms with Crippen LogP contribution in [0, 0.1) is 11.8 Å². The number of hydrogen-bond donors (Lipinski definition) is 0. The van der Waals surface area contributed by atoms with Gasteiger partial charge in [-0.3, -0.25) is 4.79 Å². The van der Waals surface area contributed by atoms with E-state index in [-0.39, 0.29) is 5.37 Å². The lowest BCUT2D eigenvalue weighted by atomic mass is 10.0. The van der Waals surface area contributed by atoms with E-state index in [0.29, 0.717) is 17.9 Å². The van der Waals surface area contributed by atoms with E-state index < -0.39 is 0 Å². The van der Waals surface area contributed by atoms with Crippen molar-refractivity contribution in [1.82, 2.24) is 4.90 Å². The Balaban J connectivity index is 2.08. The molecule has 2 rings (SSSR count). The second kappa shape index (κ2) is 3.33. The van der Waals surface area contributed by atoms with E-state index in [0.717, 1.165) is 13.0 Å². The normalized spacial score (nSPS) is 35.4. The Hall–Kier alpha value is -0.500. The van der Waals surface area contributed by atoms with Crippen LogP contribution in [0.2, 0.25) is 0 Å². The summed E-state index contributed by atoms with van der Waals surface area (Å²) in [4.78, 5) is 12.9. The molecular weight excluding hydrogens is 186 g/mol. The second-order valence-corrected chi connectivity index (χ2v) is 4.21. The summed E-state index contributed by atoms with van der Waals surface area (Å²) < 4.78 is 0. The highest BCUT2D eigenvalue weighted by molar-refractivity contribution is 6.62. The number of allylic oxidation sites excluding steroid dienone is 1. The van der Waals surface area contributed by atoms with E-state index in [9.17, 15) is 4.79 Å². The number of carbonyl (C=O) groups is 1. The summed E-state index contributed by atoms with van der Waals surface area (Å²) in [5, 5.41) is -0.298. The third-order valence-corrected chi connectivity index (χ3v) is 3.43. The number of amides is 1. The van der Waals surface area contributed by atoms with Crippen LogP contribution in [0.25, 0.3) is 0 Å². The summed E-state index contributed by atoms with van der Waals surface area (Å²) in [6.07, 6.45) is 6.83. The van der Waals surface area contributed by atoms with Crippen LogP contribution in [0.3, 0.4) is 0 Å². The summed E-state index contributed by atoms with van der Waals surface area (Å²) >= 11 is 5.52. The van der Waals surface area contributed by atoms with Crippen molar-refractivity contribution in [3.05, 3.63) is 12.2 Å². The summed E-state index contributed by atoms with van der Waals surface area (Å²) in [6.45, 7) is 2.71. The van der Waals surface area contributed by atoms with Gasteiger partial charge in [-0.25, -0.2) is 0 Å². The molecule has 3 unspecified atom stereocenters. The Bertz CT molecular complexity index is 251. The van der Waals surface area contributed by atoms with Crippen LogP contribution in [-0.2, 0) is 0 Å². The summed E-state index contributed by atoms with van der Waals surface area (Å²) in [5.74, 6) is 1.26. The number of nitrogens with zero attached hydrogens (tertiary/aromatic N) is 1. The molecule has 0 radical (unpaired) electrons. The summed E-state index contributed by atoms with van der Waals surface area (Å²) in [7, 11) is 0. The lowest BCUT2D eigenvalue weighted by Crippen LogP contribution is -2.39. The van der Waals surface area contributed by atoms with Gasteiger partial charge in [0.25, 0.3) is 0 Å². The molecule has 2 aliphatic carbocycles. The maximum atomic E-state index is 11.1. The first kappa shape index (κ1) is 9.07. The van der Waals surface area contributed by atoms with E-state index in [1.54, 1.807) is 4.90 Å². The third kappa shape index (κ3) is 1.48. The van der Waals surface area contributed by atoms with Crippen molar-refractivity contribution in [3.8, 4) is 0 Å². The Morgan fingerprint density at radius 2 is 2.31 bits per heavy atom. The van der Waals surface area contributed by atoms with Gasteiger partial charge in [-0.2, -0.15) is 0 Å². The molecular formula is C10H14ClNO. The zero-order valence-corrected chi connectivity index (χ0v) is 8.50. The fourth-order valence-electron chi connectivity index (χ4n) is 2.60. The second-order valence-electron chi connectivity index (χ2n) is 3.89. The molecule has 2 aliphatic rings. The van der Waals surface area contributed by atoms with Crippen LogP contribution in [-0.4, -0.2) is 22.9 Å². The molecule has 1 fully saturated rings. The van der Waals surface area contributed by atoms with Crippen molar-refractivity contribution in [2.75, 3.05) is 6.54 Å². The molecule has 3 heteroatoms. The maximum absolute atomic E-state index is 11.1. The SMILES string of the molecule is CCN(C(=O)Cl)C1CC2C=CC1C2. The maximum Gasteiger partial charge on any atom is 0.316 e. The van der Waals surface area contributed by atoms with E-state index in [2.05, 4.69) is 12.2 Å². The molecule has 1 amide bonds. The first-order valence-corrected chi connectivity index (χ1v) is 5.24. The van der Waals surface area contributed by atoms with Crippen LogP contribution in [0.4, 0.5) is 4.79 Å². The molecule has 0 aliphatic heterocycles. The molecule has 13 heavy (non-hydrogen) atoms. The molecule has 2 bridgehead atoms. The number of hydrogen-bond acceptors (Lipinski definition) is 1. The van der Waals surface area contributed by atoms with E-state index >= 15 is 0 Å². The molecule has 3 atom stereocenters. The number of fused-ring (bicyclic) bond motifs is 2. The van der Waals surface area contributed by atoms with Gasteiger partial charge < -0.3 is 4.90 Å². The monoisotopic (exact) mass is 199 g/mol. The lowest BCUT2D eigenvalue weighted by molar-refractivity contribution is 0.190. The van der Waals surface area contributed by atoms with Gasteiger partial charge >= 0.3 is 5.37 Å². The smallest absolute Gasteiger partial charge is 0.316 e. The molecule has 0 heterocycles. The first-order valence-electron chi connectivity index (χ1n) is 4.86. The largest absolute Gasteiger partial charge is 0.326 e. The van der Waals surface area contributed by atoms with Crippen LogP contribution in [0.15, 0.2) is 12.2 Å². The van der Waals surface area contributed by atoms with E-state index in [1.165, 1.54) is 6.42 Å². The molecule has 0 spiro atoms. The predicted molar refractivity (Wildman–Crippen MR) is 52.8 cm³/mol. The molecule has 0 saturated heterocycles. The van der Waals surface area contributed by atoms with Crippen LogP contribution < -0.4 is 0 Å². The molecule has 1 saturated carbocycles. The topological polar surface area (TPSA) is 20.3 Å². The highest BCUT2D eigenvalue weighted by Gasteiger charge is 2.39. The Labute approximate surface area is 83.5 Å². The highest BCUT2D eigenvalue weighted by atomic mass is 35.5. The van der Waals surface area contributed by atoms with Gasteiger partial charge in [0.15, 0.2) is 0 Å². The Kier molecular flexibility index (Phi) is 2.33. The van der Waals surface area contributed by atoms with Crippen molar-refractivity contribution in [3.63, 3.8) is 0 Å². The van der Waals surface area contributed by atoms with Gasteiger partial charge in [0, 0.05) is 12.6 Å². The van der Waals surface area contributed by atoms with E-state index in [1.807, 2.05) is 6.92 Å². The minimum absolute atomic E-state index is 0.298. The van der Waals surface area contributed by atoms with E-state index in [4.69, 9.17) is 11.6 Å². The molecule has 0 aromatic rings. The van der Waals surface area contributed by atoms with Crippen LogP contribution >= 0.6 is 11.6 Å². The Morgan fingerprint density at radius 3 is 2.69 bits per heavy atom. The standard InChI is InChI=1S/C10H14ClNO/c1-2-12(10(11)13)9-6-7-3-4-8(9)5-7/h3-4,7-9H,2,5-6H2,1H3. The number of rotatable bonds is 2. The minimum Gasteiger partial charge on any atom is -0.326 e. The van der Waals surface area contributed by atoms with Gasteiger partial charge in [-0.05, 0) is 43.2 Å². The quantitative estimate of drug-likeness (QED) is 0.380. The third-order valence-electron chi connectivity index (χ3n) is 3.21. The summed E-state index contributed by atoms with van der Waals surface area (Å²) in [6, 6.07) is 0.366. The predicted octanol–water partition coefficient (Wildman–Crippen LogP) is 2.63. The average Bonchev–Trinajstić information content (AvgIpc) is 2.65. The van der Waals surface area contributed by atoms with Crippen LogP contribution in [0.5, 0.6) is 0 Å². The number of carbonyl (C=O) groups excluding carboxylic acids is 1. The van der Waals surface area contributed by atoms with Crippen molar-refractivity contribution < 1.29 is 4.79 Å². The zero-order valence-electron chi connectivity index (χ0n) is 7.74. The number of halogens is 1. The molecule has 0 aromatic heterocycles. The van der Waals surface area contributed by atoms with Crippen molar-refractivity contribution in [1.29, 1.82) is 0 Å². The fourth-order valence-corrected chi connectivity index (χ4v) is 2.84. The molecule has 0 aromatic carbocycles. The van der Waals surface area contributed by atoms with Gasteiger partial charge in [0.05, 0.1) is 0 Å². The van der Waals surface area contributed by atoms with Crippen molar-refractivity contribution in [2.45, 2.75) is 25.8 Å². The van der Waals surface area contributed by atoms with Crippen molar-refractivity contribution >= 4 is 17.0 Å². The van der Waals surface area contributed by atoms with Gasteiger partial charge in [0.2, 0.25) is 0 Å². The lowest BCUT2D eigenvalue weighted by Gasteiger charge is -2.30. The first-order chi connectivity index (χ1) is 6.22. The Morgan fingerprint density at radius 1 is 1.54 bits per heavy atom. The van der Waals surface area contributed by atoms with Gasteiger partial charge in [0.1, 0.15) is 0 Å². The van der Waals surface area contributed by atoms with Gasteiger partial charge in [-0.1, -0.05) is 12.2 Å². The average molecular weight is 200 g/mol. The fraction of sp³-hybridized carbons (Fsp3) is 0.700. The molecule has 72 valence electrons. The van der Waals surface area contributed by atoms with Crippen molar-refractivity contribution in [2.24, 2.45) is 11.8 Å². The molecule has 2 nitrogen and oxygen atoms in total.